The molecule has 2 bridgehead atoms. The Balaban J connectivity index is 1.75. The van der Waals surface area contributed by atoms with Crippen molar-refractivity contribution in [2.45, 2.75) is 83.7 Å². The van der Waals surface area contributed by atoms with E-state index in [0.717, 1.165) is 50.0 Å². The smallest absolute Gasteiger partial charge is 0.311 e. The van der Waals surface area contributed by atoms with Gasteiger partial charge in [0.15, 0.2) is 0 Å². The van der Waals surface area contributed by atoms with Gasteiger partial charge in [0.05, 0.1) is 32.8 Å². The zero-order valence-electron chi connectivity index (χ0n) is 21.9. The summed E-state index contributed by atoms with van der Waals surface area (Å²) in [7, 11) is 5.02. The lowest BCUT2D eigenvalue weighted by Gasteiger charge is -2.70. The van der Waals surface area contributed by atoms with Gasteiger partial charge in [-0.2, -0.15) is 0 Å². The highest BCUT2D eigenvalue weighted by Gasteiger charge is 2.71. The van der Waals surface area contributed by atoms with Crippen LogP contribution in [0.15, 0.2) is 12.1 Å². The zero-order chi connectivity index (χ0) is 24.6. The normalized spacial score (nSPS) is 42.4. The molecule has 1 aromatic rings. The number of fused-ring (bicyclic) bond motifs is 2. The van der Waals surface area contributed by atoms with Crippen molar-refractivity contribution in [2.24, 2.45) is 34.5 Å². The highest BCUT2D eigenvalue weighted by Crippen LogP contribution is 2.75. The summed E-state index contributed by atoms with van der Waals surface area (Å²) in [5.41, 5.74) is 1.54. The van der Waals surface area contributed by atoms with E-state index < -0.39 is 16.9 Å². The lowest BCUT2D eigenvalue weighted by Crippen LogP contribution is -2.69. The highest BCUT2D eigenvalue weighted by molar-refractivity contribution is 5.77. The predicted molar refractivity (Wildman–Crippen MR) is 131 cm³/mol. The van der Waals surface area contributed by atoms with Gasteiger partial charge in [-0.25, -0.2) is 0 Å². The molecule has 1 N–H and O–H groups in total. The molecule has 188 valence electrons. The van der Waals surface area contributed by atoms with Gasteiger partial charge >= 0.3 is 5.97 Å². The summed E-state index contributed by atoms with van der Waals surface area (Å²) in [6.45, 7) is 9.03. The third-order valence-corrected chi connectivity index (χ3v) is 11.0. The van der Waals surface area contributed by atoms with Gasteiger partial charge in [0.2, 0.25) is 0 Å². The first-order valence-electron chi connectivity index (χ1n) is 13.1. The molecule has 1 spiro atoms. The van der Waals surface area contributed by atoms with Crippen LogP contribution in [0.2, 0.25) is 0 Å². The van der Waals surface area contributed by atoms with E-state index in [1.165, 1.54) is 18.2 Å². The fraction of sp³-hybridized carbons (Fsp3) is 0.759. The Hall–Kier alpha value is -1.75. The van der Waals surface area contributed by atoms with E-state index in [-0.39, 0.29) is 35.1 Å². The molecule has 0 unspecified atom stereocenters. The maximum absolute atomic E-state index is 13.1. The first-order valence-corrected chi connectivity index (χ1v) is 13.1. The molecular weight excluding hydrogens is 428 g/mol. The molecule has 0 radical (unpaired) electrons. The Morgan fingerprint density at radius 1 is 1.03 bits per heavy atom. The molecule has 0 saturated heterocycles. The Bertz CT molecular complexity index is 987. The zero-order valence-corrected chi connectivity index (χ0v) is 21.9. The minimum Gasteiger partial charge on any atom is -0.496 e. The van der Waals surface area contributed by atoms with Crippen LogP contribution in [-0.4, -0.2) is 38.5 Å². The minimum atomic E-state index is -0.469. The predicted octanol–water partition coefficient (Wildman–Crippen LogP) is 5.47. The van der Waals surface area contributed by atoms with E-state index in [2.05, 4.69) is 27.7 Å². The first-order chi connectivity index (χ1) is 16.1. The van der Waals surface area contributed by atoms with E-state index in [9.17, 15) is 9.90 Å². The quantitative estimate of drug-likeness (QED) is 0.591. The van der Waals surface area contributed by atoms with Gasteiger partial charge in [-0.3, -0.25) is 4.79 Å². The lowest BCUT2D eigenvalue weighted by atomic mass is 9.34. The summed E-state index contributed by atoms with van der Waals surface area (Å²) in [4.78, 5) is 13.1. The van der Waals surface area contributed by atoms with E-state index in [4.69, 9.17) is 14.2 Å². The second kappa shape index (κ2) is 7.88. The Morgan fingerprint density at radius 3 is 2.32 bits per heavy atom. The first kappa shape index (κ1) is 24.0. The molecule has 0 aliphatic heterocycles. The number of aliphatic hydroxyl groups is 1. The van der Waals surface area contributed by atoms with Crippen LogP contribution in [0.25, 0.3) is 0 Å². The summed E-state index contributed by atoms with van der Waals surface area (Å²) < 4.78 is 17.2. The summed E-state index contributed by atoms with van der Waals surface area (Å²) in [6, 6.07) is 4.06. The number of carbonyl (C=O) groups excluding carboxylic acids is 1. The Morgan fingerprint density at radius 2 is 1.71 bits per heavy atom. The molecule has 34 heavy (non-hydrogen) atoms. The number of ether oxygens (including phenoxy) is 3. The van der Waals surface area contributed by atoms with Crippen molar-refractivity contribution in [1.82, 2.24) is 0 Å². The maximum Gasteiger partial charge on any atom is 0.311 e. The lowest BCUT2D eigenvalue weighted by molar-refractivity contribution is -0.201. The molecular formula is C29H42O5. The summed E-state index contributed by atoms with van der Waals surface area (Å²) >= 11 is 0. The van der Waals surface area contributed by atoms with Gasteiger partial charge in [0.1, 0.15) is 11.5 Å². The van der Waals surface area contributed by atoms with Gasteiger partial charge in [-0.15, -0.1) is 0 Å². The molecule has 5 aliphatic rings. The fourth-order valence-corrected chi connectivity index (χ4v) is 9.77. The van der Waals surface area contributed by atoms with Crippen LogP contribution < -0.4 is 9.47 Å². The van der Waals surface area contributed by atoms with Crippen LogP contribution in [0.4, 0.5) is 0 Å². The number of esters is 1. The summed E-state index contributed by atoms with van der Waals surface area (Å²) in [5.74, 6) is 3.02. The molecule has 5 aliphatic carbocycles. The van der Waals surface area contributed by atoms with Crippen LogP contribution >= 0.6 is 0 Å². The van der Waals surface area contributed by atoms with Crippen LogP contribution in [0, 0.1) is 34.5 Å². The van der Waals surface area contributed by atoms with Crippen molar-refractivity contribution in [2.75, 3.05) is 21.3 Å². The number of rotatable bonds is 4. The van der Waals surface area contributed by atoms with Crippen molar-refractivity contribution in [3.8, 4) is 11.5 Å². The van der Waals surface area contributed by atoms with Crippen molar-refractivity contribution in [3.05, 3.63) is 23.3 Å². The second-order valence-corrected chi connectivity index (χ2v) is 12.3. The summed E-state index contributed by atoms with van der Waals surface area (Å²) in [5, 5.41) is 12.2. The Kier molecular flexibility index (Phi) is 5.55. The average Bonchev–Trinajstić information content (AvgIpc) is 2.82. The van der Waals surface area contributed by atoms with Crippen molar-refractivity contribution < 1.29 is 24.1 Å². The largest absolute Gasteiger partial charge is 0.496 e. The molecule has 5 nitrogen and oxygen atoms in total. The van der Waals surface area contributed by atoms with Gasteiger partial charge < -0.3 is 19.3 Å². The molecule has 0 aromatic heterocycles. The molecule has 6 rings (SSSR count). The number of aliphatic hydroxyl groups excluding tert-OH is 1. The van der Waals surface area contributed by atoms with Gasteiger partial charge in [-0.1, -0.05) is 27.2 Å². The fourth-order valence-electron chi connectivity index (χ4n) is 9.77. The topological polar surface area (TPSA) is 65.0 Å². The monoisotopic (exact) mass is 470 g/mol. The molecule has 0 amide bonds. The maximum atomic E-state index is 13.1. The van der Waals surface area contributed by atoms with E-state index in [1.807, 2.05) is 12.1 Å². The van der Waals surface area contributed by atoms with E-state index in [0.29, 0.717) is 5.92 Å². The third kappa shape index (κ3) is 2.74. The number of hydrogen-bond acceptors (Lipinski definition) is 5. The molecule has 0 heterocycles. The van der Waals surface area contributed by atoms with Crippen LogP contribution in [0.1, 0.15) is 83.3 Å². The van der Waals surface area contributed by atoms with E-state index >= 15 is 0 Å². The number of carbonyl (C=O) groups is 1. The van der Waals surface area contributed by atoms with Gasteiger partial charge in [-0.05, 0) is 86.2 Å². The van der Waals surface area contributed by atoms with Crippen LogP contribution in [0.5, 0.6) is 11.5 Å². The average molecular weight is 471 g/mol. The number of hydrogen-bond donors (Lipinski definition) is 1. The SMILES string of the molecule is COC(=O)[C@@]1(C)CCC[C@]2(C)[C@H]3C[C@@H]4c5c(OC)ccc(OC)c5[C@]3(CC[C@H]21)[C@@H](O)[C@H]4C(C)C. The molecule has 3 fully saturated rings. The second-order valence-electron chi connectivity index (χ2n) is 12.3. The summed E-state index contributed by atoms with van der Waals surface area (Å²) in [6.07, 6.45) is 5.34. The molecule has 3 saturated carbocycles. The van der Waals surface area contributed by atoms with Gasteiger partial charge in [0.25, 0.3) is 0 Å². The number of benzene rings is 1. The minimum absolute atomic E-state index is 0.0492. The van der Waals surface area contributed by atoms with Crippen LogP contribution in [-0.2, 0) is 14.9 Å². The number of methoxy groups -OCH3 is 3. The van der Waals surface area contributed by atoms with Gasteiger partial charge in [0, 0.05) is 16.5 Å². The van der Waals surface area contributed by atoms with Crippen molar-refractivity contribution in [1.29, 1.82) is 0 Å². The van der Waals surface area contributed by atoms with E-state index in [1.54, 1.807) is 14.2 Å². The van der Waals surface area contributed by atoms with Crippen LogP contribution in [0.3, 0.4) is 0 Å². The Labute approximate surface area is 204 Å². The van der Waals surface area contributed by atoms with Crippen molar-refractivity contribution >= 4 is 5.97 Å². The molecule has 1 aromatic carbocycles. The molecule has 5 heteroatoms. The third-order valence-electron chi connectivity index (χ3n) is 11.0. The molecule has 8 atom stereocenters. The standard InChI is InChI=1S/C29H42O5/c1-16(2)22-17-15-21-27(3)12-8-13-28(4,26(31)34-7)20(27)11-14-29(21,25(22)30)24-19(33-6)10-9-18(32-5)23(17)24/h9-10,16-17,20-22,25,30H,8,11-15H2,1-7H3/t17-,20+,21+,22-,25-,27-,28-,29+/m0/s1. The van der Waals surface area contributed by atoms with Crippen molar-refractivity contribution in [3.63, 3.8) is 0 Å². The highest BCUT2D eigenvalue weighted by atomic mass is 16.5.